The van der Waals surface area contributed by atoms with E-state index in [1.165, 1.54) is 32.4 Å². The Morgan fingerprint density at radius 1 is 1.05 bits per heavy atom. The molecule has 1 N–H and O–H groups in total. The molecule has 1 aliphatic heterocycles. The van der Waals surface area contributed by atoms with Gasteiger partial charge in [-0.2, -0.15) is 0 Å². The molecule has 1 aliphatic rings. The number of hydrogen-bond acceptors (Lipinski definition) is 3. The number of fused-ring (bicyclic) bond motifs is 3. The lowest BCUT2D eigenvalue weighted by atomic mass is 10.1. The number of benzene rings is 1. The number of para-hydroxylation sites is 1. The van der Waals surface area contributed by atoms with Gasteiger partial charge in [-0.3, -0.25) is 4.40 Å². The van der Waals surface area contributed by atoms with Gasteiger partial charge in [-0.15, -0.1) is 10.2 Å². The second-order valence-corrected chi connectivity index (χ2v) is 6.16. The molecule has 1 saturated heterocycles. The van der Waals surface area contributed by atoms with Crippen molar-refractivity contribution in [1.29, 1.82) is 0 Å². The van der Waals surface area contributed by atoms with Crippen LogP contribution in [0.1, 0.15) is 37.8 Å². The minimum absolute atomic E-state index is 0.891. The van der Waals surface area contributed by atoms with Crippen LogP contribution < -0.4 is 4.90 Å². The number of aryl methyl sites for hydroxylation is 1. The lowest BCUT2D eigenvalue weighted by Gasteiger charge is -2.22. The highest BCUT2D eigenvalue weighted by Gasteiger charge is 2.20. The smallest absolute Gasteiger partial charge is 0.194 e. The molecule has 4 rings (SSSR count). The second kappa shape index (κ2) is 5.65. The standard InChI is InChI=1S/C17H21N5/c1-2-15-18-14-9-5-4-8-13(14)17-20-19-16(22(15)17)12-21-10-6-3-7-11-21/h4-5,8-9H,2-3,6-7,10-12H2,1H3/p+1. The molecule has 22 heavy (non-hydrogen) atoms. The highest BCUT2D eigenvalue weighted by molar-refractivity contribution is 5.91. The summed E-state index contributed by atoms with van der Waals surface area (Å²) in [6, 6.07) is 8.21. The first kappa shape index (κ1) is 13.6. The zero-order valence-corrected chi connectivity index (χ0v) is 13.0. The fraction of sp³-hybridized carbons (Fsp3) is 0.471. The van der Waals surface area contributed by atoms with Crippen LogP contribution in [0.2, 0.25) is 0 Å². The van der Waals surface area contributed by atoms with Gasteiger partial charge in [0.25, 0.3) is 0 Å². The summed E-state index contributed by atoms with van der Waals surface area (Å²) in [5.74, 6) is 2.12. The van der Waals surface area contributed by atoms with E-state index >= 15 is 0 Å². The molecule has 3 heterocycles. The van der Waals surface area contributed by atoms with Gasteiger partial charge in [0.1, 0.15) is 12.4 Å². The molecule has 114 valence electrons. The van der Waals surface area contributed by atoms with Crippen molar-refractivity contribution in [3.8, 4) is 0 Å². The maximum atomic E-state index is 4.82. The summed E-state index contributed by atoms with van der Waals surface area (Å²) in [7, 11) is 0. The van der Waals surface area contributed by atoms with Gasteiger partial charge in [-0.05, 0) is 31.4 Å². The molecule has 5 heteroatoms. The Bertz CT molecular complexity index is 801. The van der Waals surface area contributed by atoms with Crippen LogP contribution in [0.5, 0.6) is 0 Å². The molecular formula is C17H22N5+. The molecule has 0 radical (unpaired) electrons. The maximum absolute atomic E-state index is 4.82. The molecule has 0 aliphatic carbocycles. The third-order valence-corrected chi connectivity index (χ3v) is 4.67. The van der Waals surface area contributed by atoms with Crippen LogP contribution in [0.4, 0.5) is 0 Å². The number of nitrogens with zero attached hydrogens (tertiary/aromatic N) is 4. The van der Waals surface area contributed by atoms with Crippen LogP contribution in [0.15, 0.2) is 24.3 Å². The Labute approximate surface area is 130 Å². The second-order valence-electron chi connectivity index (χ2n) is 6.16. The summed E-state index contributed by atoms with van der Waals surface area (Å²) in [5, 5.41) is 10.1. The zero-order chi connectivity index (χ0) is 14.9. The normalized spacial score (nSPS) is 16.6. The molecule has 5 nitrogen and oxygen atoms in total. The van der Waals surface area contributed by atoms with E-state index in [1.807, 2.05) is 12.1 Å². The molecule has 1 fully saturated rings. The molecule has 0 saturated carbocycles. The molecule has 1 aromatic carbocycles. The number of nitrogens with one attached hydrogen (secondary N) is 1. The van der Waals surface area contributed by atoms with Gasteiger partial charge >= 0.3 is 0 Å². The van der Waals surface area contributed by atoms with E-state index in [2.05, 4.69) is 33.7 Å². The highest BCUT2D eigenvalue weighted by atomic mass is 15.3. The van der Waals surface area contributed by atoms with E-state index in [0.717, 1.165) is 41.2 Å². The largest absolute Gasteiger partial charge is 0.329 e. The van der Waals surface area contributed by atoms with Crippen LogP contribution in [-0.2, 0) is 13.0 Å². The van der Waals surface area contributed by atoms with Gasteiger partial charge in [0, 0.05) is 11.8 Å². The number of piperidine rings is 1. The summed E-state index contributed by atoms with van der Waals surface area (Å²) in [4.78, 5) is 6.44. The van der Waals surface area contributed by atoms with Gasteiger partial charge < -0.3 is 4.90 Å². The first-order valence-corrected chi connectivity index (χ1v) is 8.32. The Morgan fingerprint density at radius 2 is 1.86 bits per heavy atom. The lowest BCUT2D eigenvalue weighted by molar-refractivity contribution is -0.919. The molecule has 0 spiro atoms. The van der Waals surface area contributed by atoms with Crippen molar-refractivity contribution in [2.75, 3.05) is 13.1 Å². The van der Waals surface area contributed by atoms with Crippen molar-refractivity contribution >= 4 is 16.6 Å². The van der Waals surface area contributed by atoms with Crippen LogP contribution >= 0.6 is 0 Å². The molecule has 3 aromatic rings. The van der Waals surface area contributed by atoms with E-state index in [4.69, 9.17) is 4.98 Å². The van der Waals surface area contributed by atoms with Crippen LogP contribution in [0.25, 0.3) is 16.6 Å². The Hall–Kier alpha value is -2.01. The summed E-state index contributed by atoms with van der Waals surface area (Å²) >= 11 is 0. The van der Waals surface area contributed by atoms with Crippen molar-refractivity contribution in [3.05, 3.63) is 35.9 Å². The fourth-order valence-electron chi connectivity index (χ4n) is 3.52. The minimum Gasteiger partial charge on any atom is -0.329 e. The number of rotatable bonds is 3. The average Bonchev–Trinajstić information content (AvgIpc) is 2.99. The maximum Gasteiger partial charge on any atom is 0.194 e. The van der Waals surface area contributed by atoms with Gasteiger partial charge in [0.05, 0.1) is 18.6 Å². The average molecular weight is 296 g/mol. The lowest BCUT2D eigenvalue weighted by Crippen LogP contribution is -3.11. The SMILES string of the molecule is CCc1nc2ccccc2c2nnc(C[NH+]3CCCCC3)n12. The van der Waals surface area contributed by atoms with Gasteiger partial charge in [-0.1, -0.05) is 19.1 Å². The quantitative estimate of drug-likeness (QED) is 0.795. The van der Waals surface area contributed by atoms with Crippen LogP contribution in [0, 0.1) is 0 Å². The first-order chi connectivity index (χ1) is 10.9. The molecule has 0 unspecified atom stereocenters. The molecule has 2 aromatic heterocycles. The van der Waals surface area contributed by atoms with E-state index in [9.17, 15) is 0 Å². The van der Waals surface area contributed by atoms with Gasteiger partial charge in [-0.25, -0.2) is 4.98 Å². The number of aromatic nitrogens is 4. The van der Waals surface area contributed by atoms with Crippen LogP contribution in [0.3, 0.4) is 0 Å². The van der Waals surface area contributed by atoms with Gasteiger partial charge in [0.2, 0.25) is 0 Å². The predicted molar refractivity (Wildman–Crippen MR) is 85.9 cm³/mol. The van der Waals surface area contributed by atoms with Crippen molar-refractivity contribution in [2.45, 2.75) is 39.2 Å². The van der Waals surface area contributed by atoms with E-state index < -0.39 is 0 Å². The van der Waals surface area contributed by atoms with Crippen molar-refractivity contribution in [2.24, 2.45) is 0 Å². The van der Waals surface area contributed by atoms with Crippen molar-refractivity contribution in [3.63, 3.8) is 0 Å². The van der Waals surface area contributed by atoms with E-state index in [0.29, 0.717) is 0 Å². The number of hydrogen-bond donors (Lipinski definition) is 1. The van der Waals surface area contributed by atoms with E-state index in [1.54, 1.807) is 4.90 Å². The first-order valence-electron chi connectivity index (χ1n) is 8.32. The summed E-state index contributed by atoms with van der Waals surface area (Å²) in [6.45, 7) is 5.59. The minimum atomic E-state index is 0.891. The molecule has 0 amide bonds. The topological polar surface area (TPSA) is 47.5 Å². The van der Waals surface area contributed by atoms with E-state index in [-0.39, 0.29) is 0 Å². The third-order valence-electron chi connectivity index (χ3n) is 4.67. The summed E-state index contributed by atoms with van der Waals surface area (Å²) in [5.41, 5.74) is 1.96. The molecular weight excluding hydrogens is 274 g/mol. The fourth-order valence-corrected chi connectivity index (χ4v) is 3.52. The predicted octanol–water partition coefficient (Wildman–Crippen LogP) is 1.41. The summed E-state index contributed by atoms with van der Waals surface area (Å²) < 4.78 is 2.18. The Morgan fingerprint density at radius 3 is 2.68 bits per heavy atom. The van der Waals surface area contributed by atoms with Crippen LogP contribution in [-0.4, -0.2) is 32.7 Å². The number of quaternary nitrogens is 1. The Kier molecular flexibility index (Phi) is 3.50. The summed E-state index contributed by atoms with van der Waals surface area (Å²) in [6.07, 6.45) is 4.92. The Balaban J connectivity index is 1.83. The zero-order valence-electron chi connectivity index (χ0n) is 13.0. The number of likely N-dealkylation sites (tertiary alicyclic amines) is 1. The monoisotopic (exact) mass is 296 g/mol. The third kappa shape index (κ3) is 2.25. The van der Waals surface area contributed by atoms with Crippen molar-refractivity contribution in [1.82, 2.24) is 19.6 Å². The van der Waals surface area contributed by atoms with Crippen molar-refractivity contribution < 1.29 is 4.90 Å². The molecule has 0 bridgehead atoms. The highest BCUT2D eigenvalue weighted by Crippen LogP contribution is 2.19. The van der Waals surface area contributed by atoms with Gasteiger partial charge in [0.15, 0.2) is 11.5 Å². The molecule has 0 atom stereocenters.